The summed E-state index contributed by atoms with van der Waals surface area (Å²) in [7, 11) is 1.83. The van der Waals surface area contributed by atoms with Crippen LogP contribution in [0.3, 0.4) is 0 Å². The Morgan fingerprint density at radius 3 is 2.54 bits per heavy atom. The highest BCUT2D eigenvalue weighted by Crippen LogP contribution is 2.33. The number of allylic oxidation sites excluding steroid dienone is 1. The number of nitrogens with zero attached hydrogens (tertiary/aromatic N) is 1. The van der Waals surface area contributed by atoms with Gasteiger partial charge in [-0.25, -0.2) is 0 Å². The summed E-state index contributed by atoms with van der Waals surface area (Å²) < 4.78 is 0. The third-order valence-electron chi connectivity index (χ3n) is 4.24. The average Bonchev–Trinajstić information content (AvgIpc) is 2.59. The highest BCUT2D eigenvalue weighted by atomic mass is 32.1. The van der Waals surface area contributed by atoms with Gasteiger partial charge in [0, 0.05) is 23.9 Å². The van der Waals surface area contributed by atoms with Gasteiger partial charge < -0.3 is 15.3 Å². The molecule has 1 heterocycles. The van der Waals surface area contributed by atoms with Crippen LogP contribution in [0.2, 0.25) is 0 Å². The lowest BCUT2D eigenvalue weighted by atomic mass is 9.89. The molecule has 0 bridgehead atoms. The monoisotopic (exact) mass is 338 g/mol. The van der Waals surface area contributed by atoms with Gasteiger partial charge >= 0.3 is 0 Å². The number of nitrogens with one attached hydrogen (secondary N) is 1. The summed E-state index contributed by atoms with van der Waals surface area (Å²) in [5, 5.41) is 13.6. The highest BCUT2D eigenvalue weighted by Gasteiger charge is 2.32. The Morgan fingerprint density at radius 2 is 1.88 bits per heavy atom. The second kappa shape index (κ2) is 6.45. The lowest BCUT2D eigenvalue weighted by Gasteiger charge is -2.36. The fourth-order valence-corrected chi connectivity index (χ4v) is 3.08. The van der Waals surface area contributed by atoms with E-state index in [9.17, 15) is 9.90 Å². The number of Topliss-reactive ketones (excluding diaryl/α,β-unsaturated/α-hetero) is 1. The van der Waals surface area contributed by atoms with Crippen molar-refractivity contribution in [1.29, 1.82) is 0 Å². The number of thiocarbonyl (C=S) groups is 1. The molecule has 4 nitrogen and oxygen atoms in total. The van der Waals surface area contributed by atoms with E-state index < -0.39 is 6.04 Å². The predicted molar refractivity (Wildman–Crippen MR) is 97.8 cm³/mol. The van der Waals surface area contributed by atoms with Gasteiger partial charge in [0.1, 0.15) is 5.75 Å². The minimum Gasteiger partial charge on any atom is -0.508 e. The molecule has 1 aliphatic heterocycles. The first-order valence-corrected chi connectivity index (χ1v) is 8.03. The van der Waals surface area contributed by atoms with E-state index in [0.29, 0.717) is 16.2 Å². The number of carbonyl (C=O) groups excluding carboxylic acids is 1. The molecular formula is C19H18N2O2S. The Labute approximate surface area is 146 Å². The first-order chi connectivity index (χ1) is 11.5. The van der Waals surface area contributed by atoms with Crippen molar-refractivity contribution < 1.29 is 9.90 Å². The number of benzene rings is 2. The molecule has 0 unspecified atom stereocenters. The number of phenols is 1. The fraction of sp³-hybridized carbons (Fsp3) is 0.158. The van der Waals surface area contributed by atoms with E-state index >= 15 is 0 Å². The van der Waals surface area contributed by atoms with Crippen molar-refractivity contribution in [1.82, 2.24) is 10.2 Å². The predicted octanol–water partition coefficient (Wildman–Crippen LogP) is 3.41. The van der Waals surface area contributed by atoms with E-state index in [0.717, 1.165) is 11.3 Å². The molecule has 2 aromatic carbocycles. The first kappa shape index (κ1) is 16.2. The van der Waals surface area contributed by atoms with Crippen LogP contribution in [0, 0.1) is 0 Å². The van der Waals surface area contributed by atoms with Crippen molar-refractivity contribution in [2.75, 3.05) is 7.05 Å². The molecule has 0 aliphatic carbocycles. The van der Waals surface area contributed by atoms with Gasteiger partial charge in [-0.3, -0.25) is 4.79 Å². The lowest BCUT2D eigenvalue weighted by Crippen LogP contribution is -2.45. The summed E-state index contributed by atoms with van der Waals surface area (Å²) in [4.78, 5) is 14.9. The third kappa shape index (κ3) is 2.90. The molecule has 3 rings (SSSR count). The molecule has 0 spiro atoms. The zero-order chi connectivity index (χ0) is 17.3. The zero-order valence-corrected chi connectivity index (χ0v) is 14.3. The van der Waals surface area contributed by atoms with Crippen molar-refractivity contribution in [3.05, 3.63) is 77.0 Å². The quantitative estimate of drug-likeness (QED) is 0.663. The van der Waals surface area contributed by atoms with Gasteiger partial charge in [-0.05, 0) is 36.8 Å². The number of hydrogen-bond donors (Lipinski definition) is 2. The van der Waals surface area contributed by atoms with Gasteiger partial charge in [0.15, 0.2) is 10.9 Å². The van der Waals surface area contributed by atoms with Crippen molar-refractivity contribution in [3.63, 3.8) is 0 Å². The van der Waals surface area contributed by atoms with Gasteiger partial charge in [-0.15, -0.1) is 0 Å². The second-order valence-corrected chi connectivity index (χ2v) is 6.12. The number of carbonyl (C=O) groups is 1. The fourth-order valence-electron chi connectivity index (χ4n) is 2.83. The highest BCUT2D eigenvalue weighted by molar-refractivity contribution is 7.80. The Balaban J connectivity index is 2.13. The molecule has 122 valence electrons. The molecule has 0 saturated carbocycles. The molecule has 1 atom stereocenters. The minimum atomic E-state index is -0.395. The van der Waals surface area contributed by atoms with Gasteiger partial charge in [-0.1, -0.05) is 42.5 Å². The molecule has 0 radical (unpaired) electrons. The molecule has 0 aromatic heterocycles. The molecule has 2 aromatic rings. The number of ketones is 1. The molecule has 0 amide bonds. The van der Waals surface area contributed by atoms with Crippen LogP contribution < -0.4 is 5.32 Å². The van der Waals surface area contributed by atoms with Gasteiger partial charge in [-0.2, -0.15) is 0 Å². The van der Waals surface area contributed by atoms with E-state index in [1.807, 2.05) is 38.2 Å². The van der Waals surface area contributed by atoms with Crippen LogP contribution >= 0.6 is 12.2 Å². The van der Waals surface area contributed by atoms with Crippen LogP contribution in [0.25, 0.3) is 0 Å². The Morgan fingerprint density at radius 1 is 1.17 bits per heavy atom. The van der Waals surface area contributed by atoms with Crippen molar-refractivity contribution >= 4 is 23.1 Å². The van der Waals surface area contributed by atoms with Crippen LogP contribution in [0.5, 0.6) is 5.75 Å². The van der Waals surface area contributed by atoms with E-state index in [4.69, 9.17) is 12.2 Å². The summed E-state index contributed by atoms with van der Waals surface area (Å²) in [5.41, 5.74) is 2.85. The SMILES string of the molecule is CC1=C(C(=O)c2ccccc2)[C@@H](c2cccc(O)c2)NC(=S)N1C. The number of phenolic OH excluding ortho intramolecular Hbond substituents is 1. The van der Waals surface area contributed by atoms with E-state index in [2.05, 4.69) is 5.32 Å². The number of hydrogen-bond acceptors (Lipinski definition) is 3. The molecule has 0 saturated heterocycles. The van der Waals surface area contributed by atoms with E-state index in [1.165, 1.54) is 0 Å². The Bertz CT molecular complexity index is 830. The number of aromatic hydroxyl groups is 1. The van der Waals surface area contributed by atoms with Gasteiger partial charge in [0.25, 0.3) is 0 Å². The van der Waals surface area contributed by atoms with Crippen LogP contribution in [-0.2, 0) is 0 Å². The smallest absolute Gasteiger partial charge is 0.193 e. The summed E-state index contributed by atoms with van der Waals surface area (Å²) in [6, 6.07) is 15.7. The maximum Gasteiger partial charge on any atom is 0.193 e. The summed E-state index contributed by atoms with van der Waals surface area (Å²) in [6.45, 7) is 1.89. The molecular weight excluding hydrogens is 320 g/mol. The maximum absolute atomic E-state index is 13.1. The van der Waals surface area contributed by atoms with Crippen LogP contribution in [-0.4, -0.2) is 27.9 Å². The Kier molecular flexibility index (Phi) is 4.36. The van der Waals surface area contributed by atoms with Crippen molar-refractivity contribution in [3.8, 4) is 5.75 Å². The van der Waals surface area contributed by atoms with Crippen LogP contribution in [0.4, 0.5) is 0 Å². The van der Waals surface area contributed by atoms with E-state index in [-0.39, 0.29) is 11.5 Å². The normalized spacial score (nSPS) is 17.7. The third-order valence-corrected chi connectivity index (χ3v) is 4.63. The summed E-state index contributed by atoms with van der Waals surface area (Å²) in [6.07, 6.45) is 0. The minimum absolute atomic E-state index is 0.0525. The summed E-state index contributed by atoms with van der Waals surface area (Å²) >= 11 is 5.38. The lowest BCUT2D eigenvalue weighted by molar-refractivity contribution is 0.102. The van der Waals surface area contributed by atoms with Crippen LogP contribution in [0.1, 0.15) is 28.9 Å². The number of rotatable bonds is 3. The second-order valence-electron chi connectivity index (χ2n) is 5.73. The first-order valence-electron chi connectivity index (χ1n) is 7.62. The van der Waals surface area contributed by atoms with Gasteiger partial charge in [0.05, 0.1) is 6.04 Å². The topological polar surface area (TPSA) is 52.6 Å². The Hall–Kier alpha value is -2.66. The van der Waals surface area contributed by atoms with Gasteiger partial charge in [0.2, 0.25) is 0 Å². The zero-order valence-electron chi connectivity index (χ0n) is 13.5. The molecule has 5 heteroatoms. The molecule has 0 fully saturated rings. The standard InChI is InChI=1S/C19H18N2O2S/c1-12-16(18(23)13-7-4-3-5-8-13)17(20-19(24)21(12)2)14-9-6-10-15(22)11-14/h3-11,17,22H,1-2H3,(H,20,24)/t17-/m1/s1. The average molecular weight is 338 g/mol. The maximum atomic E-state index is 13.1. The van der Waals surface area contributed by atoms with Crippen molar-refractivity contribution in [2.24, 2.45) is 0 Å². The van der Waals surface area contributed by atoms with Crippen molar-refractivity contribution in [2.45, 2.75) is 13.0 Å². The summed E-state index contributed by atoms with van der Waals surface area (Å²) in [5.74, 6) is 0.103. The van der Waals surface area contributed by atoms with E-state index in [1.54, 1.807) is 35.2 Å². The molecule has 24 heavy (non-hydrogen) atoms. The van der Waals surface area contributed by atoms with Crippen LogP contribution in [0.15, 0.2) is 65.9 Å². The molecule has 2 N–H and O–H groups in total. The largest absolute Gasteiger partial charge is 0.508 e. The molecule has 1 aliphatic rings.